The van der Waals surface area contributed by atoms with Gasteiger partial charge in [0.05, 0.1) is 6.10 Å². The Balaban J connectivity index is 2.51. The molecule has 2 nitrogen and oxygen atoms in total. The van der Waals surface area contributed by atoms with E-state index in [4.69, 9.17) is 5.73 Å². The summed E-state index contributed by atoms with van der Waals surface area (Å²) < 4.78 is 0. The van der Waals surface area contributed by atoms with E-state index in [1.54, 1.807) is 6.92 Å². The van der Waals surface area contributed by atoms with Gasteiger partial charge in [0.2, 0.25) is 0 Å². The standard InChI is InChI=1S/C8H15NO/c1-6(10)7-3-2-4-8(9)5-7/h3,6,8,10H,2,4-5,9H2,1H3. The highest BCUT2D eigenvalue weighted by atomic mass is 16.3. The Bertz CT molecular complexity index is 140. The number of rotatable bonds is 1. The van der Waals surface area contributed by atoms with Gasteiger partial charge in [0.25, 0.3) is 0 Å². The third-order valence-electron chi connectivity index (χ3n) is 1.98. The van der Waals surface area contributed by atoms with Gasteiger partial charge in [-0.15, -0.1) is 0 Å². The van der Waals surface area contributed by atoms with Gasteiger partial charge >= 0.3 is 0 Å². The third kappa shape index (κ3) is 1.82. The molecule has 0 aromatic heterocycles. The van der Waals surface area contributed by atoms with Gasteiger partial charge in [-0.05, 0) is 31.8 Å². The molecule has 1 rings (SSSR count). The first-order valence-electron chi connectivity index (χ1n) is 3.82. The lowest BCUT2D eigenvalue weighted by Crippen LogP contribution is -2.25. The second-order valence-electron chi connectivity index (χ2n) is 3.00. The van der Waals surface area contributed by atoms with Crippen molar-refractivity contribution in [2.45, 2.75) is 38.3 Å². The molecule has 0 aliphatic heterocycles. The zero-order valence-corrected chi connectivity index (χ0v) is 6.38. The molecule has 1 aliphatic carbocycles. The molecular formula is C8H15NO. The minimum Gasteiger partial charge on any atom is -0.389 e. The van der Waals surface area contributed by atoms with Crippen LogP contribution in [-0.4, -0.2) is 17.3 Å². The van der Waals surface area contributed by atoms with E-state index < -0.39 is 0 Å². The smallest absolute Gasteiger partial charge is 0.0722 e. The third-order valence-corrected chi connectivity index (χ3v) is 1.98. The maximum atomic E-state index is 9.17. The zero-order valence-electron chi connectivity index (χ0n) is 6.38. The van der Waals surface area contributed by atoms with Crippen molar-refractivity contribution < 1.29 is 5.11 Å². The molecule has 2 atom stereocenters. The van der Waals surface area contributed by atoms with Crippen molar-refractivity contribution in [3.8, 4) is 0 Å². The van der Waals surface area contributed by atoms with Gasteiger partial charge in [0.1, 0.15) is 0 Å². The minimum absolute atomic E-state index is 0.273. The number of aliphatic hydroxyl groups excluding tert-OH is 1. The van der Waals surface area contributed by atoms with Crippen LogP contribution in [-0.2, 0) is 0 Å². The van der Waals surface area contributed by atoms with Gasteiger partial charge < -0.3 is 10.8 Å². The maximum Gasteiger partial charge on any atom is 0.0722 e. The Morgan fingerprint density at radius 1 is 1.80 bits per heavy atom. The molecule has 1 aliphatic rings. The topological polar surface area (TPSA) is 46.2 Å². The second-order valence-corrected chi connectivity index (χ2v) is 3.00. The van der Waals surface area contributed by atoms with E-state index in [1.165, 1.54) is 0 Å². The summed E-state index contributed by atoms with van der Waals surface area (Å²) in [7, 11) is 0. The Morgan fingerprint density at radius 2 is 2.50 bits per heavy atom. The summed E-state index contributed by atoms with van der Waals surface area (Å²) in [6, 6.07) is 0.273. The van der Waals surface area contributed by atoms with Crippen molar-refractivity contribution in [2.75, 3.05) is 0 Å². The van der Waals surface area contributed by atoms with Crippen LogP contribution in [0.2, 0.25) is 0 Å². The van der Waals surface area contributed by atoms with Gasteiger partial charge in [0.15, 0.2) is 0 Å². The first-order valence-corrected chi connectivity index (χ1v) is 3.82. The van der Waals surface area contributed by atoms with Crippen molar-refractivity contribution in [3.63, 3.8) is 0 Å². The quantitative estimate of drug-likeness (QED) is 0.531. The van der Waals surface area contributed by atoms with E-state index in [-0.39, 0.29) is 12.1 Å². The van der Waals surface area contributed by atoms with E-state index >= 15 is 0 Å². The summed E-state index contributed by atoms with van der Waals surface area (Å²) in [5.41, 5.74) is 6.82. The molecule has 0 saturated heterocycles. The van der Waals surface area contributed by atoms with Gasteiger partial charge in [-0.2, -0.15) is 0 Å². The number of hydrogen-bond donors (Lipinski definition) is 2. The summed E-state index contributed by atoms with van der Waals surface area (Å²) in [6.45, 7) is 1.80. The van der Waals surface area contributed by atoms with Crippen molar-refractivity contribution >= 4 is 0 Å². The monoisotopic (exact) mass is 141 g/mol. The van der Waals surface area contributed by atoms with Crippen LogP contribution < -0.4 is 5.73 Å². The van der Waals surface area contributed by atoms with Crippen LogP contribution >= 0.6 is 0 Å². The molecule has 3 N–H and O–H groups in total. The van der Waals surface area contributed by atoms with Crippen LogP contribution in [0.5, 0.6) is 0 Å². The van der Waals surface area contributed by atoms with E-state index in [1.807, 2.05) is 0 Å². The molecule has 0 fully saturated rings. The second kappa shape index (κ2) is 3.17. The van der Waals surface area contributed by atoms with Gasteiger partial charge in [-0.1, -0.05) is 6.08 Å². The number of nitrogens with two attached hydrogens (primary N) is 1. The van der Waals surface area contributed by atoms with Crippen LogP contribution in [0.4, 0.5) is 0 Å². The fraction of sp³-hybridized carbons (Fsp3) is 0.750. The fourth-order valence-electron chi connectivity index (χ4n) is 1.31. The van der Waals surface area contributed by atoms with E-state index in [0.717, 1.165) is 24.8 Å². The first-order chi connectivity index (χ1) is 4.70. The normalized spacial score (nSPS) is 29.5. The molecule has 0 amide bonds. The summed E-state index contributed by atoms with van der Waals surface area (Å²) in [5, 5.41) is 9.17. The SMILES string of the molecule is CC(O)C1=CCCC(N)C1. The molecule has 0 bridgehead atoms. The van der Waals surface area contributed by atoms with Crippen LogP contribution in [0.25, 0.3) is 0 Å². The lowest BCUT2D eigenvalue weighted by molar-refractivity contribution is 0.222. The molecule has 0 spiro atoms. The maximum absolute atomic E-state index is 9.17. The fourth-order valence-corrected chi connectivity index (χ4v) is 1.31. The van der Waals surface area contributed by atoms with Crippen molar-refractivity contribution in [1.29, 1.82) is 0 Å². The number of allylic oxidation sites excluding steroid dienone is 1. The van der Waals surface area contributed by atoms with Gasteiger partial charge in [0, 0.05) is 6.04 Å². The van der Waals surface area contributed by atoms with Crippen molar-refractivity contribution in [2.24, 2.45) is 5.73 Å². The molecule has 0 aromatic rings. The summed E-state index contributed by atoms with van der Waals surface area (Å²) >= 11 is 0. The van der Waals surface area contributed by atoms with Crippen LogP contribution in [0.3, 0.4) is 0 Å². The largest absolute Gasteiger partial charge is 0.389 e. The highest BCUT2D eigenvalue weighted by molar-refractivity contribution is 5.11. The molecule has 58 valence electrons. The molecule has 0 aromatic carbocycles. The Kier molecular flexibility index (Phi) is 2.46. The average molecular weight is 141 g/mol. The Morgan fingerprint density at radius 3 is 2.90 bits per heavy atom. The Hall–Kier alpha value is -0.340. The van der Waals surface area contributed by atoms with E-state index in [9.17, 15) is 5.11 Å². The van der Waals surface area contributed by atoms with Crippen molar-refractivity contribution in [1.82, 2.24) is 0 Å². The number of aliphatic hydroxyl groups is 1. The highest BCUT2D eigenvalue weighted by Gasteiger charge is 2.13. The highest BCUT2D eigenvalue weighted by Crippen LogP contribution is 2.19. The summed E-state index contributed by atoms with van der Waals surface area (Å²) in [5.74, 6) is 0. The molecule has 10 heavy (non-hydrogen) atoms. The number of hydrogen-bond acceptors (Lipinski definition) is 2. The lowest BCUT2D eigenvalue weighted by Gasteiger charge is -2.20. The van der Waals surface area contributed by atoms with Crippen molar-refractivity contribution in [3.05, 3.63) is 11.6 Å². The Labute approximate surface area is 61.7 Å². The first kappa shape index (κ1) is 7.76. The zero-order chi connectivity index (χ0) is 7.56. The van der Waals surface area contributed by atoms with Crippen LogP contribution in [0.15, 0.2) is 11.6 Å². The van der Waals surface area contributed by atoms with E-state index in [0.29, 0.717) is 0 Å². The molecular weight excluding hydrogens is 126 g/mol. The minimum atomic E-state index is -0.300. The van der Waals surface area contributed by atoms with Gasteiger partial charge in [-0.3, -0.25) is 0 Å². The molecule has 2 unspecified atom stereocenters. The molecule has 2 heteroatoms. The predicted molar refractivity (Wildman–Crippen MR) is 41.6 cm³/mol. The van der Waals surface area contributed by atoms with Crippen LogP contribution in [0, 0.1) is 0 Å². The lowest BCUT2D eigenvalue weighted by atomic mass is 9.93. The predicted octanol–water partition coefficient (Wildman–Crippen LogP) is 0.805. The average Bonchev–Trinajstić information content (AvgIpc) is 1.88. The summed E-state index contributed by atoms with van der Waals surface area (Å²) in [4.78, 5) is 0. The van der Waals surface area contributed by atoms with Crippen LogP contribution in [0.1, 0.15) is 26.2 Å². The molecule has 0 saturated carbocycles. The van der Waals surface area contributed by atoms with Gasteiger partial charge in [-0.25, -0.2) is 0 Å². The summed E-state index contributed by atoms with van der Waals surface area (Å²) in [6.07, 6.45) is 4.77. The van der Waals surface area contributed by atoms with E-state index in [2.05, 4.69) is 6.08 Å². The molecule has 0 radical (unpaired) electrons. The molecule has 0 heterocycles.